The highest BCUT2D eigenvalue weighted by Gasteiger charge is 2.11. The third-order valence-electron chi connectivity index (χ3n) is 1.10. The van der Waals surface area contributed by atoms with Gasteiger partial charge in [0, 0.05) is 0 Å². The molecule has 0 rings (SSSR count). The normalized spacial score (nSPS) is 11.3. The van der Waals surface area contributed by atoms with Crippen molar-refractivity contribution in [2.24, 2.45) is 0 Å². The van der Waals surface area contributed by atoms with Crippen LogP contribution in [0.1, 0.15) is 19.8 Å². The van der Waals surface area contributed by atoms with Crippen molar-refractivity contribution in [3.8, 4) is 0 Å². The quantitative estimate of drug-likeness (QED) is 0.375. The van der Waals surface area contributed by atoms with E-state index >= 15 is 0 Å². The first-order valence-electron chi connectivity index (χ1n) is 3.29. The van der Waals surface area contributed by atoms with Gasteiger partial charge >= 0.3 is 0 Å². The molecule has 0 N–H and O–H groups in total. The summed E-state index contributed by atoms with van der Waals surface area (Å²) in [6.45, 7) is 5.22. The zero-order valence-corrected chi connectivity index (χ0v) is 7.10. The Kier molecular flexibility index (Phi) is 4.54. The lowest BCUT2D eigenvalue weighted by Crippen LogP contribution is -1.97. The zero-order valence-electron chi connectivity index (χ0n) is 6.34. The van der Waals surface area contributed by atoms with Gasteiger partial charge in [-0.15, -0.1) is 0 Å². The van der Waals surface area contributed by atoms with E-state index in [1.165, 1.54) is 6.08 Å². The maximum Gasteiger partial charge on any atom is 0.283 e. The average Bonchev–Trinajstić information content (AvgIpc) is 1.87. The van der Waals surface area contributed by atoms with E-state index < -0.39 is 4.92 Å². The average molecular weight is 176 g/mol. The molecule has 11 heavy (non-hydrogen) atoms. The molecule has 0 aliphatic heterocycles. The Morgan fingerprint density at radius 2 is 2.36 bits per heavy atom. The van der Waals surface area contributed by atoms with Gasteiger partial charge in [-0.25, -0.2) is 0 Å². The predicted molar refractivity (Wildman–Crippen MR) is 45.0 cm³/mol. The fourth-order valence-corrected chi connectivity index (χ4v) is 0.712. The molecule has 0 radical (unpaired) electrons. The van der Waals surface area contributed by atoms with Gasteiger partial charge in [-0.2, -0.15) is 0 Å². The van der Waals surface area contributed by atoms with E-state index in [4.69, 9.17) is 11.6 Å². The minimum absolute atomic E-state index is 0.0107. The Hall–Kier alpha value is -0.830. The highest BCUT2D eigenvalue weighted by atomic mass is 35.5. The van der Waals surface area contributed by atoms with Gasteiger partial charge in [-0.3, -0.25) is 10.1 Å². The second-order valence-electron chi connectivity index (χ2n) is 2.04. The number of nitrogens with zero attached hydrogens (tertiary/aromatic N) is 1. The summed E-state index contributed by atoms with van der Waals surface area (Å²) in [4.78, 5) is 9.72. The van der Waals surface area contributed by atoms with Crippen molar-refractivity contribution >= 4 is 11.6 Å². The number of hydrogen-bond acceptors (Lipinski definition) is 2. The lowest BCUT2D eigenvalue weighted by atomic mass is 10.3. The van der Waals surface area contributed by atoms with Crippen molar-refractivity contribution in [3.05, 3.63) is 33.5 Å². The summed E-state index contributed by atoms with van der Waals surface area (Å²) in [5.74, 6) is 0. The van der Waals surface area contributed by atoms with Crippen LogP contribution in [-0.2, 0) is 0 Å². The van der Waals surface area contributed by atoms with Crippen LogP contribution in [0, 0.1) is 10.1 Å². The van der Waals surface area contributed by atoms with Crippen molar-refractivity contribution in [2.75, 3.05) is 0 Å². The third-order valence-corrected chi connectivity index (χ3v) is 1.29. The first-order chi connectivity index (χ1) is 5.09. The van der Waals surface area contributed by atoms with Crippen LogP contribution >= 0.6 is 11.6 Å². The molecule has 0 fully saturated rings. The van der Waals surface area contributed by atoms with Crippen LogP contribution in [0.4, 0.5) is 0 Å². The smallest absolute Gasteiger partial charge is 0.258 e. The molecule has 0 aliphatic carbocycles. The zero-order chi connectivity index (χ0) is 8.85. The van der Waals surface area contributed by atoms with Crippen LogP contribution in [0.25, 0.3) is 0 Å². The molecule has 0 saturated heterocycles. The fourth-order valence-electron chi connectivity index (χ4n) is 0.565. The van der Waals surface area contributed by atoms with Gasteiger partial charge in [0.25, 0.3) is 5.70 Å². The first-order valence-corrected chi connectivity index (χ1v) is 3.66. The van der Waals surface area contributed by atoms with Gasteiger partial charge in [-0.1, -0.05) is 31.5 Å². The Morgan fingerprint density at radius 1 is 1.82 bits per heavy atom. The standard InChI is InChI=1S/C7H10ClNO2/c1-3-4-5-7(6(2)8)9(10)11/h5H,2-4H2,1H3/b7-5+. The molecule has 62 valence electrons. The van der Waals surface area contributed by atoms with Gasteiger partial charge in [0.05, 0.1) is 4.92 Å². The monoisotopic (exact) mass is 175 g/mol. The molecule has 0 saturated carbocycles. The molecule has 0 spiro atoms. The maximum atomic E-state index is 10.2. The predicted octanol–water partition coefficient (Wildman–Crippen LogP) is 2.70. The number of unbranched alkanes of at least 4 members (excludes halogenated alkanes) is 1. The Bertz CT molecular complexity index is 183. The van der Waals surface area contributed by atoms with E-state index in [1.807, 2.05) is 6.92 Å². The van der Waals surface area contributed by atoms with Crippen LogP contribution in [-0.4, -0.2) is 4.92 Å². The molecule has 0 aromatic heterocycles. The summed E-state index contributed by atoms with van der Waals surface area (Å²) in [6.07, 6.45) is 3.00. The topological polar surface area (TPSA) is 43.1 Å². The SMILES string of the molecule is C=C(Cl)/C(=C\CCC)[N+](=O)[O-]. The van der Waals surface area contributed by atoms with E-state index in [0.29, 0.717) is 6.42 Å². The van der Waals surface area contributed by atoms with Crippen molar-refractivity contribution in [1.82, 2.24) is 0 Å². The number of rotatable bonds is 4. The Morgan fingerprint density at radius 3 is 2.64 bits per heavy atom. The second-order valence-corrected chi connectivity index (χ2v) is 2.50. The van der Waals surface area contributed by atoms with Crippen molar-refractivity contribution in [3.63, 3.8) is 0 Å². The molecular weight excluding hydrogens is 166 g/mol. The molecule has 0 atom stereocenters. The number of allylic oxidation sites excluding steroid dienone is 2. The minimum Gasteiger partial charge on any atom is -0.258 e. The highest BCUT2D eigenvalue weighted by molar-refractivity contribution is 6.31. The number of hydrogen-bond donors (Lipinski definition) is 0. The first kappa shape index (κ1) is 10.2. The lowest BCUT2D eigenvalue weighted by Gasteiger charge is -1.92. The molecule has 0 aromatic rings. The lowest BCUT2D eigenvalue weighted by molar-refractivity contribution is -0.420. The molecule has 4 heteroatoms. The van der Waals surface area contributed by atoms with Gasteiger partial charge in [0.15, 0.2) is 0 Å². The van der Waals surface area contributed by atoms with Crippen LogP contribution < -0.4 is 0 Å². The summed E-state index contributed by atoms with van der Waals surface area (Å²) in [6, 6.07) is 0. The summed E-state index contributed by atoms with van der Waals surface area (Å²) in [7, 11) is 0. The molecule has 0 bridgehead atoms. The van der Waals surface area contributed by atoms with Crippen molar-refractivity contribution in [1.29, 1.82) is 0 Å². The summed E-state index contributed by atoms with van der Waals surface area (Å²) in [5.41, 5.74) is -0.0893. The fraction of sp³-hybridized carbons (Fsp3) is 0.429. The summed E-state index contributed by atoms with van der Waals surface area (Å²) in [5, 5.41) is 10.2. The molecule has 0 aromatic carbocycles. The van der Waals surface area contributed by atoms with E-state index in [0.717, 1.165) is 6.42 Å². The molecular formula is C7H10ClNO2. The largest absolute Gasteiger partial charge is 0.283 e. The highest BCUT2D eigenvalue weighted by Crippen LogP contribution is 2.13. The molecule has 0 amide bonds. The minimum atomic E-state index is -0.523. The van der Waals surface area contributed by atoms with E-state index in [9.17, 15) is 10.1 Å². The van der Waals surface area contributed by atoms with Gasteiger partial charge in [0.2, 0.25) is 0 Å². The van der Waals surface area contributed by atoms with E-state index in [2.05, 4.69) is 6.58 Å². The van der Waals surface area contributed by atoms with Crippen LogP contribution in [0.15, 0.2) is 23.4 Å². The van der Waals surface area contributed by atoms with Gasteiger partial charge < -0.3 is 0 Å². The molecule has 0 unspecified atom stereocenters. The second kappa shape index (κ2) is 4.91. The van der Waals surface area contributed by atoms with Gasteiger partial charge in [-0.05, 0) is 12.5 Å². The molecule has 0 aliphatic rings. The third kappa shape index (κ3) is 3.78. The Labute approximate surface area is 70.5 Å². The van der Waals surface area contributed by atoms with Crippen LogP contribution in [0.3, 0.4) is 0 Å². The van der Waals surface area contributed by atoms with Crippen molar-refractivity contribution < 1.29 is 4.92 Å². The number of nitro groups is 1. The number of halogens is 1. The Balaban J connectivity index is 4.33. The summed E-state index contributed by atoms with van der Waals surface area (Å²) >= 11 is 5.37. The van der Waals surface area contributed by atoms with Crippen LogP contribution in [0.2, 0.25) is 0 Å². The van der Waals surface area contributed by atoms with Crippen LogP contribution in [0.5, 0.6) is 0 Å². The van der Waals surface area contributed by atoms with Gasteiger partial charge in [0.1, 0.15) is 5.03 Å². The molecule has 3 nitrogen and oxygen atoms in total. The van der Waals surface area contributed by atoms with Crippen molar-refractivity contribution in [2.45, 2.75) is 19.8 Å². The van der Waals surface area contributed by atoms with E-state index in [-0.39, 0.29) is 10.7 Å². The molecule has 0 heterocycles. The summed E-state index contributed by atoms with van der Waals surface area (Å²) < 4.78 is 0. The maximum absolute atomic E-state index is 10.2. The van der Waals surface area contributed by atoms with E-state index in [1.54, 1.807) is 0 Å².